The number of nitrogens with two attached hydrogens (primary N) is 1. The van der Waals surface area contributed by atoms with E-state index in [0.29, 0.717) is 10.6 Å². The SMILES string of the molecule is N#Cc1ccc(-c2cncc(C3(N)CC3)c2)cc1Cl. The summed E-state index contributed by atoms with van der Waals surface area (Å²) < 4.78 is 0. The Morgan fingerprint density at radius 1 is 1.21 bits per heavy atom. The van der Waals surface area contributed by atoms with E-state index in [0.717, 1.165) is 29.5 Å². The zero-order chi connectivity index (χ0) is 13.5. The lowest BCUT2D eigenvalue weighted by Crippen LogP contribution is -2.18. The lowest BCUT2D eigenvalue weighted by molar-refractivity contribution is 0.735. The van der Waals surface area contributed by atoms with E-state index in [-0.39, 0.29) is 5.54 Å². The Morgan fingerprint density at radius 3 is 2.63 bits per heavy atom. The van der Waals surface area contributed by atoms with E-state index in [9.17, 15) is 0 Å². The molecule has 1 aliphatic carbocycles. The van der Waals surface area contributed by atoms with Crippen molar-refractivity contribution in [3.8, 4) is 17.2 Å². The van der Waals surface area contributed by atoms with E-state index >= 15 is 0 Å². The average Bonchev–Trinajstić information content (AvgIpc) is 3.18. The second-order valence-corrected chi connectivity index (χ2v) is 5.33. The number of halogens is 1. The number of pyridine rings is 1. The number of rotatable bonds is 2. The lowest BCUT2D eigenvalue weighted by Gasteiger charge is -2.10. The minimum Gasteiger partial charge on any atom is -0.321 e. The van der Waals surface area contributed by atoms with Gasteiger partial charge in [0.25, 0.3) is 0 Å². The van der Waals surface area contributed by atoms with Crippen LogP contribution in [0.3, 0.4) is 0 Å². The molecule has 1 saturated carbocycles. The van der Waals surface area contributed by atoms with Crippen LogP contribution in [0.25, 0.3) is 11.1 Å². The van der Waals surface area contributed by atoms with Crippen molar-refractivity contribution in [2.45, 2.75) is 18.4 Å². The summed E-state index contributed by atoms with van der Waals surface area (Å²) in [4.78, 5) is 4.25. The Bertz CT molecular complexity index is 684. The van der Waals surface area contributed by atoms with Crippen LogP contribution >= 0.6 is 11.6 Å². The minimum atomic E-state index is -0.195. The van der Waals surface area contributed by atoms with Crippen LogP contribution in [0.4, 0.5) is 0 Å². The van der Waals surface area contributed by atoms with Crippen LogP contribution in [-0.2, 0) is 5.54 Å². The normalized spacial score (nSPS) is 15.8. The van der Waals surface area contributed by atoms with Crippen molar-refractivity contribution in [1.29, 1.82) is 5.26 Å². The van der Waals surface area contributed by atoms with Gasteiger partial charge in [0.2, 0.25) is 0 Å². The number of hydrogen-bond donors (Lipinski definition) is 1. The zero-order valence-electron chi connectivity index (χ0n) is 10.2. The third kappa shape index (κ3) is 2.21. The van der Waals surface area contributed by atoms with E-state index in [4.69, 9.17) is 22.6 Å². The van der Waals surface area contributed by atoms with Crippen molar-refractivity contribution < 1.29 is 0 Å². The topological polar surface area (TPSA) is 62.7 Å². The Kier molecular flexibility index (Phi) is 2.78. The van der Waals surface area contributed by atoms with Gasteiger partial charge in [-0.15, -0.1) is 0 Å². The highest BCUT2D eigenvalue weighted by molar-refractivity contribution is 6.32. The summed E-state index contributed by atoms with van der Waals surface area (Å²) in [5.41, 5.74) is 9.45. The summed E-state index contributed by atoms with van der Waals surface area (Å²) in [6, 6.07) is 9.49. The Labute approximate surface area is 116 Å². The van der Waals surface area contributed by atoms with Gasteiger partial charge in [0.05, 0.1) is 10.6 Å². The minimum absolute atomic E-state index is 0.195. The predicted molar refractivity (Wildman–Crippen MR) is 74.5 cm³/mol. The lowest BCUT2D eigenvalue weighted by atomic mass is 10.0. The molecule has 1 aliphatic rings. The summed E-state index contributed by atoms with van der Waals surface area (Å²) in [5, 5.41) is 9.33. The summed E-state index contributed by atoms with van der Waals surface area (Å²) in [7, 11) is 0. The van der Waals surface area contributed by atoms with Crippen LogP contribution in [0.5, 0.6) is 0 Å². The van der Waals surface area contributed by atoms with Crippen LogP contribution in [0.1, 0.15) is 24.0 Å². The number of nitrogens with zero attached hydrogens (tertiary/aromatic N) is 2. The second-order valence-electron chi connectivity index (χ2n) is 4.92. The van der Waals surface area contributed by atoms with Gasteiger partial charge in [-0.3, -0.25) is 4.98 Å². The Hall–Kier alpha value is -1.89. The van der Waals surface area contributed by atoms with E-state index in [1.165, 1.54) is 0 Å². The van der Waals surface area contributed by atoms with E-state index < -0.39 is 0 Å². The van der Waals surface area contributed by atoms with Gasteiger partial charge in [0, 0.05) is 23.5 Å². The maximum Gasteiger partial charge on any atom is 0.101 e. The van der Waals surface area contributed by atoms with E-state index in [2.05, 4.69) is 17.1 Å². The number of aromatic nitrogens is 1. The van der Waals surface area contributed by atoms with Gasteiger partial charge in [-0.05, 0) is 42.2 Å². The van der Waals surface area contributed by atoms with Crippen LogP contribution < -0.4 is 5.73 Å². The largest absolute Gasteiger partial charge is 0.321 e. The fraction of sp³-hybridized carbons (Fsp3) is 0.200. The fourth-order valence-electron chi connectivity index (χ4n) is 2.08. The molecule has 0 bridgehead atoms. The highest BCUT2D eigenvalue weighted by atomic mass is 35.5. The van der Waals surface area contributed by atoms with Crippen molar-refractivity contribution in [2.24, 2.45) is 5.73 Å². The van der Waals surface area contributed by atoms with Gasteiger partial charge in [-0.25, -0.2) is 0 Å². The van der Waals surface area contributed by atoms with E-state index in [1.807, 2.05) is 12.3 Å². The first kappa shape index (κ1) is 12.2. The molecule has 0 aliphatic heterocycles. The molecule has 2 aromatic rings. The smallest absolute Gasteiger partial charge is 0.101 e. The molecule has 0 radical (unpaired) electrons. The van der Waals surface area contributed by atoms with Gasteiger partial charge in [0.1, 0.15) is 6.07 Å². The van der Waals surface area contributed by atoms with Gasteiger partial charge >= 0.3 is 0 Å². The molecule has 2 N–H and O–H groups in total. The summed E-state index contributed by atoms with van der Waals surface area (Å²) in [6.07, 6.45) is 5.62. The molecular weight excluding hydrogens is 258 g/mol. The monoisotopic (exact) mass is 269 g/mol. The fourth-order valence-corrected chi connectivity index (χ4v) is 2.30. The average molecular weight is 270 g/mol. The van der Waals surface area contributed by atoms with Gasteiger partial charge < -0.3 is 5.73 Å². The zero-order valence-corrected chi connectivity index (χ0v) is 11.0. The number of hydrogen-bond acceptors (Lipinski definition) is 3. The van der Waals surface area contributed by atoms with Crippen molar-refractivity contribution >= 4 is 11.6 Å². The molecule has 0 amide bonds. The number of benzene rings is 1. The molecule has 19 heavy (non-hydrogen) atoms. The molecule has 0 atom stereocenters. The molecule has 1 heterocycles. The van der Waals surface area contributed by atoms with Gasteiger partial charge in [-0.2, -0.15) is 5.26 Å². The number of nitriles is 1. The highest BCUT2D eigenvalue weighted by Gasteiger charge is 2.40. The highest BCUT2D eigenvalue weighted by Crippen LogP contribution is 2.43. The molecule has 1 aromatic heterocycles. The molecule has 1 aromatic carbocycles. The first-order valence-electron chi connectivity index (χ1n) is 6.07. The molecule has 4 heteroatoms. The Morgan fingerprint density at radius 2 is 2.00 bits per heavy atom. The molecule has 3 rings (SSSR count). The molecule has 0 saturated heterocycles. The van der Waals surface area contributed by atoms with Crippen LogP contribution in [0.15, 0.2) is 36.7 Å². The first-order chi connectivity index (χ1) is 9.12. The maximum absolute atomic E-state index is 8.88. The van der Waals surface area contributed by atoms with Crippen LogP contribution in [0.2, 0.25) is 5.02 Å². The van der Waals surface area contributed by atoms with Gasteiger partial charge in [0.15, 0.2) is 0 Å². The standard InChI is InChI=1S/C15H12ClN3/c16-14-6-10(1-2-11(14)7-17)12-5-13(9-19-8-12)15(18)3-4-15/h1-2,5-6,8-9H,3-4,18H2. The van der Waals surface area contributed by atoms with Crippen molar-refractivity contribution in [1.82, 2.24) is 4.98 Å². The first-order valence-corrected chi connectivity index (χ1v) is 6.45. The maximum atomic E-state index is 8.88. The van der Waals surface area contributed by atoms with E-state index in [1.54, 1.807) is 18.3 Å². The molecular formula is C15H12ClN3. The third-order valence-electron chi connectivity index (χ3n) is 3.52. The van der Waals surface area contributed by atoms with Crippen LogP contribution in [-0.4, -0.2) is 4.98 Å². The third-order valence-corrected chi connectivity index (χ3v) is 3.84. The van der Waals surface area contributed by atoms with Crippen LogP contribution in [0, 0.1) is 11.3 Å². The predicted octanol–water partition coefficient (Wildman–Crippen LogP) is 3.22. The quantitative estimate of drug-likeness (QED) is 0.910. The summed E-state index contributed by atoms with van der Waals surface area (Å²) in [5.74, 6) is 0. The Balaban J connectivity index is 2.03. The van der Waals surface area contributed by atoms with Gasteiger partial charge in [-0.1, -0.05) is 17.7 Å². The molecule has 0 spiro atoms. The molecule has 94 valence electrons. The van der Waals surface area contributed by atoms with Crippen molar-refractivity contribution in [3.63, 3.8) is 0 Å². The molecule has 0 unspecified atom stereocenters. The van der Waals surface area contributed by atoms with Crippen molar-refractivity contribution in [3.05, 3.63) is 52.8 Å². The molecule has 1 fully saturated rings. The van der Waals surface area contributed by atoms with Crippen molar-refractivity contribution in [2.75, 3.05) is 0 Å². The summed E-state index contributed by atoms with van der Waals surface area (Å²) in [6.45, 7) is 0. The summed E-state index contributed by atoms with van der Waals surface area (Å²) >= 11 is 6.05. The molecule has 3 nitrogen and oxygen atoms in total. The second kappa shape index (κ2) is 4.34.